The van der Waals surface area contributed by atoms with Gasteiger partial charge in [0, 0.05) is 24.1 Å². The third kappa shape index (κ3) is 2.79. The predicted molar refractivity (Wildman–Crippen MR) is 74.2 cm³/mol. The normalized spacial score (nSPS) is 18.8. The Balaban J connectivity index is 1.57. The molecule has 0 radical (unpaired) electrons. The second-order valence-corrected chi connectivity index (χ2v) is 4.95. The van der Waals surface area contributed by atoms with Crippen LogP contribution in [-0.4, -0.2) is 30.1 Å². The summed E-state index contributed by atoms with van der Waals surface area (Å²) in [5.74, 6) is -0.0470. The van der Waals surface area contributed by atoms with E-state index in [0.717, 1.165) is 36.8 Å². The van der Waals surface area contributed by atoms with Gasteiger partial charge in [-0.1, -0.05) is 18.2 Å². The van der Waals surface area contributed by atoms with Gasteiger partial charge in [-0.15, -0.1) is 0 Å². The average Bonchev–Trinajstić information content (AvgIpc) is 3.07. The van der Waals surface area contributed by atoms with E-state index in [4.69, 9.17) is 4.74 Å². The maximum atomic E-state index is 12.0. The van der Waals surface area contributed by atoms with Crippen LogP contribution in [0.2, 0.25) is 0 Å². The highest BCUT2D eigenvalue weighted by Gasteiger charge is 2.15. The van der Waals surface area contributed by atoms with E-state index in [1.54, 1.807) is 0 Å². The van der Waals surface area contributed by atoms with Gasteiger partial charge in [0.1, 0.15) is 5.69 Å². The number of amides is 1. The molecule has 1 aromatic carbocycles. The highest BCUT2D eigenvalue weighted by molar-refractivity contribution is 5.97. The van der Waals surface area contributed by atoms with E-state index in [1.165, 1.54) is 0 Å². The Hall–Kier alpha value is -1.81. The van der Waals surface area contributed by atoms with Crippen molar-refractivity contribution < 1.29 is 9.53 Å². The van der Waals surface area contributed by atoms with Crippen molar-refractivity contribution in [3.05, 3.63) is 36.0 Å². The van der Waals surface area contributed by atoms with Crippen LogP contribution in [0, 0.1) is 0 Å². The van der Waals surface area contributed by atoms with Gasteiger partial charge in [0.2, 0.25) is 0 Å². The van der Waals surface area contributed by atoms with Crippen LogP contribution in [-0.2, 0) is 4.74 Å². The minimum atomic E-state index is -0.0470. The van der Waals surface area contributed by atoms with Crippen LogP contribution in [0.25, 0.3) is 10.9 Å². The molecule has 2 heterocycles. The van der Waals surface area contributed by atoms with Crippen LogP contribution in [0.3, 0.4) is 0 Å². The van der Waals surface area contributed by atoms with E-state index in [9.17, 15) is 4.79 Å². The Labute approximate surface area is 112 Å². The highest BCUT2D eigenvalue weighted by Crippen LogP contribution is 2.16. The Morgan fingerprint density at radius 3 is 3.11 bits per heavy atom. The molecule has 0 saturated carbocycles. The first-order chi connectivity index (χ1) is 9.33. The van der Waals surface area contributed by atoms with Gasteiger partial charge < -0.3 is 15.0 Å². The Bertz CT molecular complexity index is 537. The van der Waals surface area contributed by atoms with E-state index in [1.807, 2.05) is 30.3 Å². The van der Waals surface area contributed by atoms with Gasteiger partial charge in [-0.2, -0.15) is 0 Å². The third-order valence-electron chi connectivity index (χ3n) is 3.55. The molecule has 4 nitrogen and oxygen atoms in total. The number of aromatic amines is 1. The lowest BCUT2D eigenvalue weighted by atomic mass is 10.2. The zero-order valence-electron chi connectivity index (χ0n) is 10.8. The minimum Gasteiger partial charge on any atom is -0.378 e. The number of ether oxygens (including phenoxy) is 1. The summed E-state index contributed by atoms with van der Waals surface area (Å²) in [5, 5.41) is 4.00. The van der Waals surface area contributed by atoms with Crippen LogP contribution in [0.5, 0.6) is 0 Å². The van der Waals surface area contributed by atoms with Gasteiger partial charge in [-0.25, -0.2) is 0 Å². The molecule has 19 heavy (non-hydrogen) atoms. The maximum absolute atomic E-state index is 12.0. The number of hydrogen-bond acceptors (Lipinski definition) is 2. The number of carbonyl (C=O) groups is 1. The molecule has 0 bridgehead atoms. The molecular formula is C15H18N2O2. The predicted octanol–water partition coefficient (Wildman–Crippen LogP) is 2.47. The third-order valence-corrected chi connectivity index (χ3v) is 3.55. The van der Waals surface area contributed by atoms with E-state index in [0.29, 0.717) is 18.3 Å². The quantitative estimate of drug-likeness (QED) is 0.885. The van der Waals surface area contributed by atoms with Crippen LogP contribution in [0.15, 0.2) is 30.3 Å². The monoisotopic (exact) mass is 258 g/mol. The number of nitrogens with one attached hydrogen (secondary N) is 2. The largest absolute Gasteiger partial charge is 0.378 e. The van der Waals surface area contributed by atoms with Crippen molar-refractivity contribution in [3.63, 3.8) is 0 Å². The van der Waals surface area contributed by atoms with E-state index >= 15 is 0 Å². The molecule has 3 rings (SSSR count). The van der Waals surface area contributed by atoms with Crippen LogP contribution in [0.1, 0.15) is 29.8 Å². The van der Waals surface area contributed by atoms with E-state index in [2.05, 4.69) is 10.3 Å². The van der Waals surface area contributed by atoms with Gasteiger partial charge in [0.05, 0.1) is 6.10 Å². The van der Waals surface area contributed by atoms with Crippen molar-refractivity contribution in [1.29, 1.82) is 0 Å². The fraction of sp³-hybridized carbons (Fsp3) is 0.400. The first-order valence-electron chi connectivity index (χ1n) is 6.80. The van der Waals surface area contributed by atoms with Gasteiger partial charge >= 0.3 is 0 Å². The minimum absolute atomic E-state index is 0.0470. The summed E-state index contributed by atoms with van der Waals surface area (Å²) in [6, 6.07) is 9.78. The second kappa shape index (κ2) is 5.45. The molecule has 1 fully saturated rings. The molecule has 1 atom stereocenters. The molecule has 1 saturated heterocycles. The van der Waals surface area contributed by atoms with Crippen molar-refractivity contribution in [2.45, 2.75) is 25.4 Å². The lowest BCUT2D eigenvalue weighted by molar-refractivity contribution is 0.0904. The van der Waals surface area contributed by atoms with Crippen LogP contribution < -0.4 is 5.32 Å². The van der Waals surface area contributed by atoms with E-state index < -0.39 is 0 Å². The summed E-state index contributed by atoms with van der Waals surface area (Å²) in [6.07, 6.45) is 3.47. The molecule has 1 amide bonds. The molecule has 1 aromatic heterocycles. The number of rotatable bonds is 4. The first kappa shape index (κ1) is 12.2. The number of para-hydroxylation sites is 1. The highest BCUT2D eigenvalue weighted by atomic mass is 16.5. The SMILES string of the molecule is O=C(NCCC1CCCO1)c1cc2ccccc2[nH]1. The Morgan fingerprint density at radius 1 is 1.42 bits per heavy atom. The van der Waals surface area contributed by atoms with Crippen molar-refractivity contribution >= 4 is 16.8 Å². The Kier molecular flexibility index (Phi) is 3.51. The number of fused-ring (bicyclic) bond motifs is 1. The first-order valence-corrected chi connectivity index (χ1v) is 6.80. The summed E-state index contributed by atoms with van der Waals surface area (Å²) >= 11 is 0. The van der Waals surface area contributed by atoms with Crippen molar-refractivity contribution in [2.75, 3.05) is 13.2 Å². The molecule has 2 N–H and O–H groups in total. The summed E-state index contributed by atoms with van der Waals surface area (Å²) in [6.45, 7) is 1.53. The Morgan fingerprint density at radius 2 is 2.32 bits per heavy atom. The number of benzene rings is 1. The second-order valence-electron chi connectivity index (χ2n) is 4.95. The van der Waals surface area contributed by atoms with Gasteiger partial charge in [-0.3, -0.25) is 4.79 Å². The van der Waals surface area contributed by atoms with Crippen LogP contribution >= 0.6 is 0 Å². The van der Waals surface area contributed by atoms with Crippen molar-refractivity contribution in [1.82, 2.24) is 10.3 Å². The number of carbonyl (C=O) groups excluding carboxylic acids is 1. The van der Waals surface area contributed by atoms with Crippen molar-refractivity contribution in [3.8, 4) is 0 Å². The summed E-state index contributed by atoms with van der Waals surface area (Å²) < 4.78 is 5.53. The topological polar surface area (TPSA) is 54.1 Å². The standard InChI is InChI=1S/C15H18N2O2/c18-15(16-8-7-12-5-3-9-19-12)14-10-11-4-1-2-6-13(11)17-14/h1-2,4,6,10,12,17H,3,5,7-9H2,(H,16,18). The van der Waals surface area contributed by atoms with Gasteiger partial charge in [0.25, 0.3) is 5.91 Å². The molecule has 4 heteroatoms. The van der Waals surface area contributed by atoms with Crippen LogP contribution in [0.4, 0.5) is 0 Å². The molecule has 0 spiro atoms. The van der Waals surface area contributed by atoms with Gasteiger partial charge in [0.15, 0.2) is 0 Å². The zero-order chi connectivity index (χ0) is 13.1. The zero-order valence-corrected chi connectivity index (χ0v) is 10.8. The lowest BCUT2D eigenvalue weighted by Gasteiger charge is -2.09. The molecule has 100 valence electrons. The van der Waals surface area contributed by atoms with E-state index in [-0.39, 0.29) is 5.91 Å². The fourth-order valence-corrected chi connectivity index (χ4v) is 2.51. The molecule has 2 aromatic rings. The maximum Gasteiger partial charge on any atom is 0.267 e. The molecule has 1 unspecified atom stereocenters. The fourth-order valence-electron chi connectivity index (χ4n) is 2.51. The molecular weight excluding hydrogens is 240 g/mol. The molecule has 0 aliphatic carbocycles. The number of hydrogen-bond donors (Lipinski definition) is 2. The summed E-state index contributed by atoms with van der Waals surface area (Å²) in [4.78, 5) is 15.1. The summed E-state index contributed by atoms with van der Waals surface area (Å²) in [7, 11) is 0. The lowest BCUT2D eigenvalue weighted by Crippen LogP contribution is -2.27. The summed E-state index contributed by atoms with van der Waals surface area (Å²) in [5.41, 5.74) is 1.61. The average molecular weight is 258 g/mol. The number of H-pyrrole nitrogens is 1. The molecule has 1 aliphatic heterocycles. The molecule has 1 aliphatic rings. The van der Waals surface area contributed by atoms with Gasteiger partial charge in [-0.05, 0) is 31.4 Å². The van der Waals surface area contributed by atoms with Crippen molar-refractivity contribution in [2.24, 2.45) is 0 Å². The number of aromatic nitrogens is 1. The smallest absolute Gasteiger partial charge is 0.267 e.